The van der Waals surface area contributed by atoms with E-state index >= 15 is 0 Å². The average Bonchev–Trinajstić information content (AvgIpc) is 2.54. The number of fused-ring (bicyclic) bond motifs is 1. The molecule has 0 saturated heterocycles. The van der Waals surface area contributed by atoms with E-state index in [1.165, 1.54) is 0 Å². The Kier molecular flexibility index (Phi) is 2.35. The Balaban J connectivity index is 2.17. The minimum atomic E-state index is 0.155. The SMILES string of the molecule is C=CCCN1Cc2ccccc2C1=O. The lowest BCUT2D eigenvalue weighted by Gasteiger charge is -2.13. The van der Waals surface area contributed by atoms with Gasteiger partial charge in [0.25, 0.3) is 5.91 Å². The quantitative estimate of drug-likeness (QED) is 0.664. The molecule has 0 aromatic heterocycles. The van der Waals surface area contributed by atoms with Crippen molar-refractivity contribution in [2.45, 2.75) is 13.0 Å². The van der Waals surface area contributed by atoms with Crippen LogP contribution in [0.3, 0.4) is 0 Å². The van der Waals surface area contributed by atoms with Crippen molar-refractivity contribution in [3.05, 3.63) is 48.0 Å². The number of benzene rings is 1. The Morgan fingerprint density at radius 2 is 2.21 bits per heavy atom. The van der Waals surface area contributed by atoms with Crippen LogP contribution in [0.5, 0.6) is 0 Å². The van der Waals surface area contributed by atoms with E-state index in [1.807, 2.05) is 35.2 Å². The van der Waals surface area contributed by atoms with Crippen LogP contribution in [0.4, 0.5) is 0 Å². The van der Waals surface area contributed by atoms with Crippen LogP contribution >= 0.6 is 0 Å². The van der Waals surface area contributed by atoms with Crippen molar-refractivity contribution < 1.29 is 4.79 Å². The molecule has 0 unspecified atom stereocenters. The molecule has 0 spiro atoms. The molecule has 0 N–H and O–H groups in total. The van der Waals surface area contributed by atoms with E-state index in [4.69, 9.17) is 0 Å². The minimum Gasteiger partial charge on any atom is -0.334 e. The van der Waals surface area contributed by atoms with Crippen molar-refractivity contribution in [2.75, 3.05) is 6.54 Å². The lowest BCUT2D eigenvalue weighted by molar-refractivity contribution is 0.0781. The van der Waals surface area contributed by atoms with Crippen LogP contribution < -0.4 is 0 Å². The van der Waals surface area contributed by atoms with Gasteiger partial charge in [0.05, 0.1) is 0 Å². The summed E-state index contributed by atoms with van der Waals surface area (Å²) in [6, 6.07) is 7.80. The lowest BCUT2D eigenvalue weighted by Crippen LogP contribution is -2.24. The summed E-state index contributed by atoms with van der Waals surface area (Å²) in [5.74, 6) is 0.155. The molecule has 2 heteroatoms. The van der Waals surface area contributed by atoms with E-state index in [-0.39, 0.29) is 5.91 Å². The maximum Gasteiger partial charge on any atom is 0.254 e. The summed E-state index contributed by atoms with van der Waals surface area (Å²) >= 11 is 0. The van der Waals surface area contributed by atoms with E-state index in [0.717, 1.165) is 30.6 Å². The molecule has 0 aliphatic carbocycles. The first-order valence-corrected chi connectivity index (χ1v) is 4.81. The Hall–Kier alpha value is -1.57. The fraction of sp³-hybridized carbons (Fsp3) is 0.250. The standard InChI is InChI=1S/C12H13NO/c1-2-3-8-13-9-10-6-4-5-7-11(10)12(13)14/h2,4-7H,1,3,8-9H2. The van der Waals surface area contributed by atoms with E-state index in [2.05, 4.69) is 6.58 Å². The van der Waals surface area contributed by atoms with Crippen LogP contribution in [0.25, 0.3) is 0 Å². The molecule has 0 saturated carbocycles. The molecule has 1 aliphatic heterocycles. The maximum atomic E-state index is 11.8. The van der Waals surface area contributed by atoms with E-state index < -0.39 is 0 Å². The third-order valence-corrected chi connectivity index (χ3v) is 2.50. The van der Waals surface area contributed by atoms with Crippen molar-refractivity contribution in [3.63, 3.8) is 0 Å². The molecule has 0 atom stereocenters. The predicted octanol–water partition coefficient (Wildman–Crippen LogP) is 2.22. The molecule has 0 bridgehead atoms. The zero-order chi connectivity index (χ0) is 9.97. The number of carbonyl (C=O) groups excluding carboxylic acids is 1. The number of carbonyl (C=O) groups is 1. The van der Waals surface area contributed by atoms with Gasteiger partial charge in [-0.2, -0.15) is 0 Å². The van der Waals surface area contributed by atoms with Crippen LogP contribution in [-0.2, 0) is 6.54 Å². The van der Waals surface area contributed by atoms with Crippen molar-refractivity contribution in [3.8, 4) is 0 Å². The number of rotatable bonds is 3. The summed E-state index contributed by atoms with van der Waals surface area (Å²) in [6.07, 6.45) is 2.70. The van der Waals surface area contributed by atoms with Crippen LogP contribution in [0, 0.1) is 0 Å². The second kappa shape index (κ2) is 3.66. The lowest BCUT2D eigenvalue weighted by atomic mass is 10.1. The average molecular weight is 187 g/mol. The van der Waals surface area contributed by atoms with Gasteiger partial charge in [0.15, 0.2) is 0 Å². The second-order valence-corrected chi connectivity index (χ2v) is 3.46. The highest BCUT2D eigenvalue weighted by Gasteiger charge is 2.25. The molecular weight excluding hydrogens is 174 g/mol. The van der Waals surface area contributed by atoms with Gasteiger partial charge in [-0.15, -0.1) is 6.58 Å². The maximum absolute atomic E-state index is 11.8. The Morgan fingerprint density at radius 3 is 2.93 bits per heavy atom. The summed E-state index contributed by atoms with van der Waals surface area (Å²) < 4.78 is 0. The largest absolute Gasteiger partial charge is 0.334 e. The number of hydrogen-bond donors (Lipinski definition) is 0. The highest BCUT2D eigenvalue weighted by molar-refractivity contribution is 5.98. The molecule has 72 valence electrons. The molecule has 2 rings (SSSR count). The second-order valence-electron chi connectivity index (χ2n) is 3.46. The van der Waals surface area contributed by atoms with E-state index in [1.54, 1.807) is 0 Å². The van der Waals surface area contributed by atoms with Crippen LogP contribution in [-0.4, -0.2) is 17.4 Å². The third kappa shape index (κ3) is 1.43. The Morgan fingerprint density at radius 1 is 1.43 bits per heavy atom. The van der Waals surface area contributed by atoms with Gasteiger partial charge in [-0.1, -0.05) is 24.3 Å². The predicted molar refractivity (Wildman–Crippen MR) is 56.0 cm³/mol. The summed E-state index contributed by atoms with van der Waals surface area (Å²) in [5.41, 5.74) is 2.00. The van der Waals surface area contributed by atoms with Gasteiger partial charge in [0, 0.05) is 18.7 Å². The monoisotopic (exact) mass is 187 g/mol. The van der Waals surface area contributed by atoms with Gasteiger partial charge in [0.1, 0.15) is 0 Å². The van der Waals surface area contributed by atoms with Crippen molar-refractivity contribution >= 4 is 5.91 Å². The van der Waals surface area contributed by atoms with E-state index in [9.17, 15) is 4.79 Å². The minimum absolute atomic E-state index is 0.155. The third-order valence-electron chi connectivity index (χ3n) is 2.50. The molecule has 1 aromatic carbocycles. The first kappa shape index (κ1) is 9.00. The molecule has 1 aliphatic rings. The van der Waals surface area contributed by atoms with Gasteiger partial charge < -0.3 is 4.90 Å². The molecule has 0 fully saturated rings. The van der Waals surface area contributed by atoms with Crippen LogP contribution in [0.2, 0.25) is 0 Å². The van der Waals surface area contributed by atoms with Crippen molar-refractivity contribution in [1.29, 1.82) is 0 Å². The smallest absolute Gasteiger partial charge is 0.254 e. The molecule has 1 amide bonds. The summed E-state index contributed by atoms with van der Waals surface area (Å²) in [7, 11) is 0. The normalized spacial score (nSPS) is 14.3. The summed E-state index contributed by atoms with van der Waals surface area (Å²) in [5, 5.41) is 0. The van der Waals surface area contributed by atoms with Crippen molar-refractivity contribution in [1.82, 2.24) is 4.90 Å². The van der Waals surface area contributed by atoms with Crippen LogP contribution in [0.1, 0.15) is 22.3 Å². The summed E-state index contributed by atoms with van der Waals surface area (Å²) in [4.78, 5) is 13.7. The summed E-state index contributed by atoms with van der Waals surface area (Å²) in [6.45, 7) is 5.19. The Labute approximate surface area is 83.8 Å². The fourth-order valence-electron chi connectivity index (χ4n) is 1.74. The van der Waals surface area contributed by atoms with Crippen LogP contribution in [0.15, 0.2) is 36.9 Å². The highest BCUT2D eigenvalue weighted by Crippen LogP contribution is 2.21. The number of nitrogens with zero attached hydrogens (tertiary/aromatic N) is 1. The van der Waals surface area contributed by atoms with Gasteiger partial charge in [-0.05, 0) is 18.1 Å². The molecule has 1 aromatic rings. The first-order valence-electron chi connectivity index (χ1n) is 4.81. The van der Waals surface area contributed by atoms with Gasteiger partial charge in [-0.3, -0.25) is 4.79 Å². The number of hydrogen-bond acceptors (Lipinski definition) is 1. The van der Waals surface area contributed by atoms with Gasteiger partial charge in [-0.25, -0.2) is 0 Å². The number of amides is 1. The molecule has 2 nitrogen and oxygen atoms in total. The zero-order valence-corrected chi connectivity index (χ0v) is 8.07. The van der Waals surface area contributed by atoms with E-state index in [0.29, 0.717) is 0 Å². The molecule has 1 heterocycles. The fourth-order valence-corrected chi connectivity index (χ4v) is 1.74. The Bertz CT molecular complexity index is 370. The molecular formula is C12H13NO. The van der Waals surface area contributed by atoms with Gasteiger partial charge in [0.2, 0.25) is 0 Å². The zero-order valence-electron chi connectivity index (χ0n) is 8.07. The first-order chi connectivity index (χ1) is 6.83. The highest BCUT2D eigenvalue weighted by atomic mass is 16.2. The molecule has 0 radical (unpaired) electrons. The van der Waals surface area contributed by atoms with Crippen molar-refractivity contribution in [2.24, 2.45) is 0 Å². The topological polar surface area (TPSA) is 20.3 Å². The van der Waals surface area contributed by atoms with Gasteiger partial charge >= 0.3 is 0 Å². The molecule has 14 heavy (non-hydrogen) atoms.